The molecule has 1 aliphatic rings. The number of amides is 1. The Labute approximate surface area is 119 Å². The molecule has 4 nitrogen and oxygen atoms in total. The number of carbonyl (C=O) groups is 1. The van der Waals surface area contributed by atoms with Crippen LogP contribution in [-0.2, 0) is 20.0 Å². The second-order valence-electron chi connectivity index (χ2n) is 5.48. The summed E-state index contributed by atoms with van der Waals surface area (Å²) < 4.78 is 1.90. The molecule has 0 atom stereocenters. The molecule has 0 spiro atoms. The third-order valence-corrected chi connectivity index (χ3v) is 4.03. The van der Waals surface area contributed by atoms with Crippen LogP contribution in [-0.4, -0.2) is 27.1 Å². The van der Waals surface area contributed by atoms with Gasteiger partial charge in [0.05, 0.1) is 17.9 Å². The molecular weight excluding hydrogens is 250 g/mol. The monoisotopic (exact) mass is 269 g/mol. The lowest BCUT2D eigenvalue weighted by Gasteiger charge is -2.27. The van der Waals surface area contributed by atoms with Gasteiger partial charge >= 0.3 is 0 Å². The Morgan fingerprint density at radius 1 is 1.20 bits per heavy atom. The summed E-state index contributed by atoms with van der Waals surface area (Å²) in [4.78, 5) is 14.4. The number of aromatic nitrogens is 2. The van der Waals surface area contributed by atoms with Gasteiger partial charge in [0.15, 0.2) is 0 Å². The molecule has 0 saturated heterocycles. The van der Waals surface area contributed by atoms with Gasteiger partial charge in [-0.25, -0.2) is 0 Å². The Morgan fingerprint density at radius 3 is 2.60 bits per heavy atom. The Kier molecular flexibility index (Phi) is 3.08. The smallest absolute Gasteiger partial charge is 0.254 e. The predicted molar refractivity (Wildman–Crippen MR) is 77.6 cm³/mol. The van der Waals surface area contributed by atoms with Crippen molar-refractivity contribution >= 4 is 5.91 Å². The van der Waals surface area contributed by atoms with Crippen molar-refractivity contribution in [2.75, 3.05) is 6.54 Å². The van der Waals surface area contributed by atoms with Gasteiger partial charge in [-0.3, -0.25) is 9.48 Å². The second-order valence-corrected chi connectivity index (χ2v) is 5.48. The lowest BCUT2D eigenvalue weighted by atomic mass is 10.0. The molecule has 1 aromatic heterocycles. The molecule has 0 radical (unpaired) electrons. The van der Waals surface area contributed by atoms with E-state index >= 15 is 0 Å². The number of hydrogen-bond donors (Lipinski definition) is 0. The molecule has 1 aromatic carbocycles. The van der Waals surface area contributed by atoms with E-state index in [2.05, 4.69) is 5.10 Å². The molecule has 4 heteroatoms. The van der Waals surface area contributed by atoms with Crippen LogP contribution in [0.5, 0.6) is 0 Å². The molecule has 0 N–H and O–H groups in total. The van der Waals surface area contributed by atoms with E-state index in [-0.39, 0.29) is 5.91 Å². The highest BCUT2D eigenvalue weighted by atomic mass is 16.2. The Balaban J connectivity index is 1.85. The molecule has 0 bridgehead atoms. The highest BCUT2D eigenvalue weighted by molar-refractivity contribution is 5.94. The fraction of sp³-hybridized carbons (Fsp3) is 0.375. The van der Waals surface area contributed by atoms with Crippen LogP contribution in [0.3, 0.4) is 0 Å². The molecular formula is C16H19N3O. The zero-order chi connectivity index (χ0) is 14.3. The van der Waals surface area contributed by atoms with E-state index in [4.69, 9.17) is 0 Å². The van der Waals surface area contributed by atoms with Crippen molar-refractivity contribution in [3.63, 3.8) is 0 Å². The van der Waals surface area contributed by atoms with Gasteiger partial charge in [0, 0.05) is 19.2 Å². The van der Waals surface area contributed by atoms with Gasteiger partial charge < -0.3 is 4.90 Å². The predicted octanol–water partition coefficient (Wildman–Crippen LogP) is 2.24. The van der Waals surface area contributed by atoms with Crippen LogP contribution in [0.1, 0.15) is 32.9 Å². The summed E-state index contributed by atoms with van der Waals surface area (Å²) in [5, 5.41) is 4.45. The van der Waals surface area contributed by atoms with Crippen molar-refractivity contribution in [2.24, 2.45) is 7.05 Å². The first-order valence-corrected chi connectivity index (χ1v) is 6.93. The number of aryl methyl sites for hydroxylation is 3. The molecule has 2 aromatic rings. The third kappa shape index (κ3) is 2.11. The third-order valence-electron chi connectivity index (χ3n) is 4.03. The minimum absolute atomic E-state index is 0.106. The van der Waals surface area contributed by atoms with Crippen molar-refractivity contribution in [2.45, 2.75) is 26.8 Å². The standard InChI is InChI=1S/C16H19N3O/c1-11-4-6-13(7-5-11)16(20)19-9-8-14-12(2)17-18(3)15(14)10-19/h4-7H,8-10H2,1-3H3. The number of nitrogens with zero attached hydrogens (tertiary/aromatic N) is 3. The number of benzene rings is 1. The van der Waals surface area contributed by atoms with Crippen molar-refractivity contribution in [3.05, 3.63) is 52.3 Å². The molecule has 0 fully saturated rings. The number of hydrogen-bond acceptors (Lipinski definition) is 2. The minimum Gasteiger partial charge on any atom is -0.332 e. The first kappa shape index (κ1) is 12.9. The average Bonchev–Trinajstić information content (AvgIpc) is 2.74. The maximum Gasteiger partial charge on any atom is 0.254 e. The molecule has 0 unspecified atom stereocenters. The molecule has 2 heterocycles. The van der Waals surface area contributed by atoms with E-state index in [1.165, 1.54) is 11.1 Å². The largest absolute Gasteiger partial charge is 0.332 e. The Morgan fingerprint density at radius 2 is 1.90 bits per heavy atom. The van der Waals surface area contributed by atoms with Crippen LogP contribution in [0.4, 0.5) is 0 Å². The molecule has 1 amide bonds. The number of carbonyl (C=O) groups excluding carboxylic acids is 1. The summed E-state index contributed by atoms with van der Waals surface area (Å²) in [5.74, 6) is 0.106. The zero-order valence-corrected chi connectivity index (χ0v) is 12.2. The summed E-state index contributed by atoms with van der Waals surface area (Å²) in [6.45, 7) is 5.49. The van der Waals surface area contributed by atoms with Gasteiger partial charge in [0.2, 0.25) is 0 Å². The van der Waals surface area contributed by atoms with Gasteiger partial charge in [-0.05, 0) is 38.0 Å². The average molecular weight is 269 g/mol. The minimum atomic E-state index is 0.106. The summed E-state index contributed by atoms with van der Waals surface area (Å²) in [7, 11) is 1.95. The summed E-state index contributed by atoms with van der Waals surface area (Å²) >= 11 is 0. The lowest BCUT2D eigenvalue weighted by Crippen LogP contribution is -2.36. The highest BCUT2D eigenvalue weighted by Gasteiger charge is 2.25. The molecule has 1 aliphatic heterocycles. The summed E-state index contributed by atoms with van der Waals surface area (Å²) in [5.41, 5.74) is 5.49. The van der Waals surface area contributed by atoms with E-state index in [1.807, 2.05) is 54.7 Å². The summed E-state index contributed by atoms with van der Waals surface area (Å²) in [6.07, 6.45) is 0.895. The number of fused-ring (bicyclic) bond motifs is 1. The van der Waals surface area contributed by atoms with E-state index in [0.29, 0.717) is 6.54 Å². The Hall–Kier alpha value is -2.10. The molecule has 0 saturated carbocycles. The molecule has 104 valence electrons. The van der Waals surface area contributed by atoms with Crippen molar-refractivity contribution in [1.29, 1.82) is 0 Å². The van der Waals surface area contributed by atoms with Crippen LogP contribution >= 0.6 is 0 Å². The fourth-order valence-corrected chi connectivity index (χ4v) is 2.83. The van der Waals surface area contributed by atoms with E-state index in [0.717, 1.165) is 29.9 Å². The first-order chi connectivity index (χ1) is 9.56. The number of rotatable bonds is 1. The highest BCUT2D eigenvalue weighted by Crippen LogP contribution is 2.22. The molecule has 0 aliphatic carbocycles. The molecule has 20 heavy (non-hydrogen) atoms. The first-order valence-electron chi connectivity index (χ1n) is 6.93. The maximum atomic E-state index is 12.5. The lowest BCUT2D eigenvalue weighted by molar-refractivity contribution is 0.0730. The van der Waals surface area contributed by atoms with Gasteiger partial charge in [0.1, 0.15) is 0 Å². The van der Waals surface area contributed by atoms with E-state index in [1.54, 1.807) is 0 Å². The summed E-state index contributed by atoms with van der Waals surface area (Å²) in [6, 6.07) is 7.77. The van der Waals surface area contributed by atoms with E-state index in [9.17, 15) is 4.79 Å². The Bertz CT molecular complexity index is 655. The van der Waals surface area contributed by atoms with Crippen LogP contribution in [0.15, 0.2) is 24.3 Å². The normalized spacial score (nSPS) is 14.2. The van der Waals surface area contributed by atoms with Crippen molar-refractivity contribution in [3.8, 4) is 0 Å². The van der Waals surface area contributed by atoms with Crippen molar-refractivity contribution < 1.29 is 4.79 Å². The zero-order valence-electron chi connectivity index (χ0n) is 12.2. The van der Waals surface area contributed by atoms with Crippen LogP contribution in [0, 0.1) is 13.8 Å². The maximum absolute atomic E-state index is 12.5. The van der Waals surface area contributed by atoms with Crippen LogP contribution in [0.2, 0.25) is 0 Å². The SMILES string of the molecule is Cc1ccc(C(=O)N2CCc3c(C)nn(C)c3C2)cc1. The quantitative estimate of drug-likeness (QED) is 0.796. The van der Waals surface area contributed by atoms with Crippen LogP contribution in [0.25, 0.3) is 0 Å². The van der Waals surface area contributed by atoms with Crippen LogP contribution < -0.4 is 0 Å². The fourth-order valence-electron chi connectivity index (χ4n) is 2.83. The molecule has 3 rings (SSSR count). The van der Waals surface area contributed by atoms with Gasteiger partial charge in [-0.1, -0.05) is 17.7 Å². The van der Waals surface area contributed by atoms with Gasteiger partial charge in [0.25, 0.3) is 5.91 Å². The van der Waals surface area contributed by atoms with E-state index < -0.39 is 0 Å². The topological polar surface area (TPSA) is 38.1 Å². The van der Waals surface area contributed by atoms with Gasteiger partial charge in [-0.15, -0.1) is 0 Å². The van der Waals surface area contributed by atoms with Gasteiger partial charge in [-0.2, -0.15) is 5.10 Å². The second kappa shape index (κ2) is 4.78. The van der Waals surface area contributed by atoms with Crippen molar-refractivity contribution in [1.82, 2.24) is 14.7 Å².